The highest BCUT2D eigenvalue weighted by atomic mass is 35.5. The molecule has 2 aromatic rings. The van der Waals surface area contributed by atoms with Gasteiger partial charge in [-0.15, -0.1) is 12.4 Å². The molecule has 0 aliphatic rings. The van der Waals surface area contributed by atoms with Crippen molar-refractivity contribution in [3.05, 3.63) is 47.7 Å². The molecule has 0 aliphatic carbocycles. The summed E-state index contributed by atoms with van der Waals surface area (Å²) in [5, 5.41) is 6.99. The number of hydrogen-bond acceptors (Lipinski definition) is 3. The molecule has 0 saturated carbocycles. The van der Waals surface area contributed by atoms with Crippen molar-refractivity contribution in [1.82, 2.24) is 9.78 Å². The molecule has 108 valence electrons. The van der Waals surface area contributed by atoms with Gasteiger partial charge < -0.3 is 11.1 Å². The number of nitrogens with two attached hydrogens (primary N) is 1. The van der Waals surface area contributed by atoms with Gasteiger partial charge in [-0.25, -0.2) is 0 Å². The molecule has 0 spiro atoms. The topological polar surface area (TPSA) is 72.9 Å². The number of nitrogens with one attached hydrogen (secondary N) is 1. The summed E-state index contributed by atoms with van der Waals surface area (Å²) < 4.78 is 1.62. The van der Waals surface area contributed by atoms with Crippen LogP contribution in [0.2, 0.25) is 0 Å². The van der Waals surface area contributed by atoms with Crippen LogP contribution < -0.4 is 11.1 Å². The minimum Gasteiger partial charge on any atom is -0.314 e. The predicted octanol–water partition coefficient (Wildman–Crippen LogP) is 1.96. The lowest BCUT2D eigenvalue weighted by Crippen LogP contribution is -2.45. The first kappa shape index (κ1) is 16.2. The van der Waals surface area contributed by atoms with E-state index in [1.54, 1.807) is 24.7 Å². The zero-order valence-electron chi connectivity index (χ0n) is 11.8. The second-order valence-electron chi connectivity index (χ2n) is 4.82. The molecule has 1 atom stereocenters. The first-order chi connectivity index (χ1) is 8.91. The molecule has 0 saturated heterocycles. The minimum atomic E-state index is -1.08. The summed E-state index contributed by atoms with van der Waals surface area (Å²) in [5.74, 6) is 0.372. The van der Waals surface area contributed by atoms with Gasteiger partial charge in [0.15, 0.2) is 0 Å². The predicted molar refractivity (Wildman–Crippen MR) is 81.8 cm³/mol. The fourth-order valence-electron chi connectivity index (χ4n) is 1.89. The van der Waals surface area contributed by atoms with E-state index in [0.29, 0.717) is 5.82 Å². The summed E-state index contributed by atoms with van der Waals surface area (Å²) in [6.45, 7) is 3.56. The maximum absolute atomic E-state index is 12.3. The largest absolute Gasteiger partial charge is 0.314 e. The minimum absolute atomic E-state index is 0. The number of carbonyl (C=O) groups excluding carboxylic acids is 1. The average molecular weight is 295 g/mol. The number of aromatic nitrogens is 2. The zero-order chi connectivity index (χ0) is 14.0. The molecule has 0 bridgehead atoms. The summed E-state index contributed by atoms with van der Waals surface area (Å²) in [6, 6.07) is 11.1. The molecule has 1 aromatic carbocycles. The third-order valence-corrected chi connectivity index (χ3v) is 3.09. The van der Waals surface area contributed by atoms with Gasteiger partial charge in [-0.1, -0.05) is 30.3 Å². The molecule has 0 fully saturated rings. The van der Waals surface area contributed by atoms with Crippen molar-refractivity contribution in [3.63, 3.8) is 0 Å². The van der Waals surface area contributed by atoms with Crippen LogP contribution in [0.25, 0.3) is 0 Å². The zero-order valence-corrected chi connectivity index (χ0v) is 12.6. The number of halogens is 1. The normalized spacial score (nSPS) is 13.2. The molecule has 0 aliphatic heterocycles. The van der Waals surface area contributed by atoms with E-state index in [4.69, 9.17) is 5.73 Å². The smallest absolute Gasteiger partial charge is 0.249 e. The molecule has 2 rings (SSSR count). The number of amides is 1. The van der Waals surface area contributed by atoms with Gasteiger partial charge in [0, 0.05) is 13.1 Å². The van der Waals surface area contributed by atoms with Gasteiger partial charge in [0.1, 0.15) is 11.4 Å². The van der Waals surface area contributed by atoms with E-state index in [9.17, 15) is 4.79 Å². The summed E-state index contributed by atoms with van der Waals surface area (Å²) in [6.07, 6.45) is 0. The summed E-state index contributed by atoms with van der Waals surface area (Å²) in [4.78, 5) is 12.3. The molecule has 6 heteroatoms. The van der Waals surface area contributed by atoms with Crippen molar-refractivity contribution < 1.29 is 4.79 Å². The Labute approximate surface area is 124 Å². The van der Waals surface area contributed by atoms with Crippen molar-refractivity contribution in [2.75, 3.05) is 5.32 Å². The van der Waals surface area contributed by atoms with Crippen LogP contribution in [0.15, 0.2) is 36.4 Å². The molecular formula is C14H19ClN4O. The van der Waals surface area contributed by atoms with Crippen LogP contribution in [-0.4, -0.2) is 15.7 Å². The van der Waals surface area contributed by atoms with E-state index >= 15 is 0 Å². The molecule has 1 amide bonds. The number of benzene rings is 1. The number of rotatable bonds is 3. The quantitative estimate of drug-likeness (QED) is 0.909. The van der Waals surface area contributed by atoms with Crippen LogP contribution in [0.3, 0.4) is 0 Å². The fraction of sp³-hybridized carbons (Fsp3) is 0.286. The molecule has 1 heterocycles. The number of carbonyl (C=O) groups is 1. The van der Waals surface area contributed by atoms with Gasteiger partial charge in [-0.3, -0.25) is 9.48 Å². The molecule has 1 unspecified atom stereocenters. The van der Waals surface area contributed by atoms with E-state index < -0.39 is 5.54 Å². The first-order valence-electron chi connectivity index (χ1n) is 6.08. The van der Waals surface area contributed by atoms with Gasteiger partial charge >= 0.3 is 0 Å². The van der Waals surface area contributed by atoms with E-state index in [-0.39, 0.29) is 18.3 Å². The van der Waals surface area contributed by atoms with E-state index in [1.807, 2.05) is 37.3 Å². The lowest BCUT2D eigenvalue weighted by molar-refractivity contribution is -0.120. The van der Waals surface area contributed by atoms with Crippen LogP contribution in [0.4, 0.5) is 5.82 Å². The van der Waals surface area contributed by atoms with Crippen LogP contribution in [-0.2, 0) is 17.4 Å². The second kappa shape index (κ2) is 6.07. The highest BCUT2D eigenvalue weighted by Gasteiger charge is 2.30. The number of anilines is 1. The average Bonchev–Trinajstić information content (AvgIpc) is 2.69. The number of aryl methyl sites for hydroxylation is 2. The van der Waals surface area contributed by atoms with E-state index in [2.05, 4.69) is 10.4 Å². The van der Waals surface area contributed by atoms with Gasteiger partial charge in [0.2, 0.25) is 5.91 Å². The van der Waals surface area contributed by atoms with Gasteiger partial charge in [0.25, 0.3) is 0 Å². The van der Waals surface area contributed by atoms with Gasteiger partial charge in [-0.05, 0) is 19.4 Å². The third kappa shape index (κ3) is 3.18. The van der Waals surface area contributed by atoms with E-state index in [1.165, 1.54) is 0 Å². The van der Waals surface area contributed by atoms with Crippen LogP contribution in [0.5, 0.6) is 0 Å². The molecule has 20 heavy (non-hydrogen) atoms. The molecule has 3 N–H and O–H groups in total. The van der Waals surface area contributed by atoms with Gasteiger partial charge in [-0.2, -0.15) is 5.10 Å². The van der Waals surface area contributed by atoms with Crippen LogP contribution in [0.1, 0.15) is 18.2 Å². The Bertz CT molecular complexity index is 592. The number of nitrogens with zero attached hydrogens (tertiary/aromatic N) is 2. The Morgan fingerprint density at radius 1 is 1.35 bits per heavy atom. The maximum Gasteiger partial charge on any atom is 0.249 e. The summed E-state index contributed by atoms with van der Waals surface area (Å²) >= 11 is 0. The number of hydrogen-bond donors (Lipinski definition) is 2. The van der Waals surface area contributed by atoms with Crippen molar-refractivity contribution >= 4 is 24.1 Å². The Morgan fingerprint density at radius 3 is 2.45 bits per heavy atom. The van der Waals surface area contributed by atoms with Crippen LogP contribution >= 0.6 is 12.4 Å². The summed E-state index contributed by atoms with van der Waals surface area (Å²) in [7, 11) is 1.78. The Hall–Kier alpha value is -1.85. The highest BCUT2D eigenvalue weighted by molar-refractivity contribution is 5.97. The maximum atomic E-state index is 12.3. The van der Waals surface area contributed by atoms with Crippen LogP contribution in [0, 0.1) is 6.92 Å². The SMILES string of the molecule is Cc1cc(NC(=O)C(C)(N)c2ccccc2)n(C)n1.Cl. The van der Waals surface area contributed by atoms with Crippen molar-refractivity contribution in [2.45, 2.75) is 19.4 Å². The lowest BCUT2D eigenvalue weighted by Gasteiger charge is -2.23. The molecular weight excluding hydrogens is 276 g/mol. The fourth-order valence-corrected chi connectivity index (χ4v) is 1.89. The van der Waals surface area contributed by atoms with E-state index in [0.717, 1.165) is 11.3 Å². The highest BCUT2D eigenvalue weighted by Crippen LogP contribution is 2.20. The lowest BCUT2D eigenvalue weighted by atomic mass is 9.92. The van der Waals surface area contributed by atoms with Crippen molar-refractivity contribution in [2.24, 2.45) is 12.8 Å². The Kier molecular flexibility index (Phi) is 4.92. The molecule has 5 nitrogen and oxygen atoms in total. The van der Waals surface area contributed by atoms with Gasteiger partial charge in [0.05, 0.1) is 5.69 Å². The standard InChI is InChI=1S/C14H18N4O.ClH/c1-10-9-12(18(3)17-10)16-13(19)14(2,15)11-7-5-4-6-8-11;/h4-9H,15H2,1-3H3,(H,16,19);1H. The molecule has 0 radical (unpaired) electrons. The first-order valence-corrected chi connectivity index (χ1v) is 6.08. The summed E-state index contributed by atoms with van der Waals surface area (Å²) in [5.41, 5.74) is 6.67. The molecule has 1 aromatic heterocycles. The second-order valence-corrected chi connectivity index (χ2v) is 4.82. The Balaban J connectivity index is 0.00000200. The third-order valence-electron chi connectivity index (χ3n) is 3.09. The monoisotopic (exact) mass is 294 g/mol. The van der Waals surface area contributed by atoms with Crippen molar-refractivity contribution in [3.8, 4) is 0 Å². The van der Waals surface area contributed by atoms with Crippen molar-refractivity contribution in [1.29, 1.82) is 0 Å². The Morgan fingerprint density at radius 2 is 1.95 bits per heavy atom.